The molecule has 1 aromatic rings. The summed E-state index contributed by atoms with van der Waals surface area (Å²) < 4.78 is 5.35. The molecule has 0 aliphatic carbocycles. The quantitative estimate of drug-likeness (QED) is 0.677. The van der Waals surface area contributed by atoms with Crippen LogP contribution in [-0.2, 0) is 6.54 Å². The lowest BCUT2D eigenvalue weighted by Crippen LogP contribution is -2.39. The van der Waals surface area contributed by atoms with Gasteiger partial charge in [-0.2, -0.15) is 0 Å². The monoisotopic (exact) mass is 327 g/mol. The van der Waals surface area contributed by atoms with E-state index in [9.17, 15) is 10.1 Å². The average molecular weight is 328 g/mol. The van der Waals surface area contributed by atoms with E-state index in [1.165, 1.54) is 12.5 Å². The van der Waals surface area contributed by atoms with Crippen LogP contribution in [0.5, 0.6) is 5.75 Å². The van der Waals surface area contributed by atoms with E-state index in [0.717, 1.165) is 43.4 Å². The van der Waals surface area contributed by atoms with Crippen molar-refractivity contribution in [3.8, 4) is 5.75 Å². The van der Waals surface area contributed by atoms with Crippen molar-refractivity contribution < 1.29 is 9.66 Å². The first-order chi connectivity index (χ1) is 10.2. The molecule has 22 heavy (non-hydrogen) atoms. The Morgan fingerprint density at radius 1 is 1.41 bits per heavy atom. The van der Waals surface area contributed by atoms with Crippen LogP contribution in [-0.4, -0.2) is 43.1 Å². The van der Waals surface area contributed by atoms with Gasteiger partial charge in [0.2, 0.25) is 0 Å². The Morgan fingerprint density at radius 2 is 2.18 bits per heavy atom. The summed E-state index contributed by atoms with van der Waals surface area (Å²) in [5.41, 5.74) is 1.03. The molecule has 0 aromatic heterocycles. The van der Waals surface area contributed by atoms with Crippen molar-refractivity contribution in [2.75, 3.05) is 33.3 Å². The lowest BCUT2D eigenvalue weighted by molar-refractivity contribution is -0.385. The second-order valence-electron chi connectivity index (χ2n) is 5.96. The fourth-order valence-electron chi connectivity index (χ4n) is 3.50. The number of methoxy groups -OCH3 is 1. The Labute approximate surface area is 136 Å². The molecule has 2 fully saturated rings. The summed E-state index contributed by atoms with van der Waals surface area (Å²) in [6, 6.07) is 4.82. The van der Waals surface area contributed by atoms with Crippen LogP contribution < -0.4 is 10.1 Å². The molecule has 0 spiro atoms. The van der Waals surface area contributed by atoms with Crippen molar-refractivity contribution in [2.45, 2.75) is 13.0 Å². The minimum absolute atomic E-state index is 0. The number of piperidine rings is 1. The molecule has 2 saturated heterocycles. The van der Waals surface area contributed by atoms with Gasteiger partial charge in [0, 0.05) is 30.8 Å². The van der Waals surface area contributed by atoms with Gasteiger partial charge in [0.15, 0.2) is 0 Å². The third kappa shape index (κ3) is 3.51. The first-order valence-electron chi connectivity index (χ1n) is 7.41. The highest BCUT2D eigenvalue weighted by Crippen LogP contribution is 2.30. The van der Waals surface area contributed by atoms with Crippen LogP contribution >= 0.6 is 12.4 Å². The van der Waals surface area contributed by atoms with Gasteiger partial charge in [-0.05, 0) is 44.0 Å². The first kappa shape index (κ1) is 17.0. The van der Waals surface area contributed by atoms with Gasteiger partial charge in [0.1, 0.15) is 5.75 Å². The van der Waals surface area contributed by atoms with Crippen LogP contribution in [0, 0.1) is 22.0 Å². The molecule has 0 radical (unpaired) electrons. The van der Waals surface area contributed by atoms with Crippen molar-refractivity contribution in [1.29, 1.82) is 0 Å². The van der Waals surface area contributed by atoms with Crippen molar-refractivity contribution in [3.05, 3.63) is 33.9 Å². The molecule has 1 aromatic carbocycles. The molecule has 7 heteroatoms. The van der Waals surface area contributed by atoms with E-state index in [-0.39, 0.29) is 23.0 Å². The van der Waals surface area contributed by atoms with Gasteiger partial charge < -0.3 is 10.1 Å². The fraction of sp³-hybridized carbons (Fsp3) is 0.600. The number of hydrogen-bond donors (Lipinski definition) is 1. The van der Waals surface area contributed by atoms with Crippen molar-refractivity contribution in [2.24, 2.45) is 11.8 Å². The molecule has 2 aliphatic rings. The molecule has 6 nitrogen and oxygen atoms in total. The number of ether oxygens (including phenoxy) is 1. The molecule has 0 saturated carbocycles. The van der Waals surface area contributed by atoms with Gasteiger partial charge in [0.05, 0.1) is 12.0 Å². The number of benzene rings is 1. The highest BCUT2D eigenvalue weighted by atomic mass is 35.5. The molecule has 0 amide bonds. The number of non-ortho nitro benzene ring substituents is 1. The Kier molecular flexibility index (Phi) is 5.61. The maximum Gasteiger partial charge on any atom is 0.270 e. The van der Waals surface area contributed by atoms with E-state index in [4.69, 9.17) is 4.74 Å². The van der Waals surface area contributed by atoms with Crippen LogP contribution in [0.25, 0.3) is 0 Å². The summed E-state index contributed by atoms with van der Waals surface area (Å²) in [6.45, 7) is 5.05. The number of nitro benzene ring substituents is 1. The maximum absolute atomic E-state index is 10.9. The molecule has 122 valence electrons. The third-order valence-corrected chi connectivity index (χ3v) is 4.66. The second-order valence-corrected chi connectivity index (χ2v) is 5.96. The summed E-state index contributed by atoms with van der Waals surface area (Å²) in [5, 5.41) is 14.4. The number of fused-ring (bicyclic) bond motifs is 1. The predicted molar refractivity (Wildman–Crippen MR) is 86.6 cm³/mol. The van der Waals surface area contributed by atoms with Crippen molar-refractivity contribution >= 4 is 18.1 Å². The number of nitrogens with one attached hydrogen (secondary N) is 1. The second kappa shape index (κ2) is 7.26. The average Bonchev–Trinajstić information content (AvgIpc) is 2.94. The van der Waals surface area contributed by atoms with Crippen LogP contribution in [0.1, 0.15) is 12.0 Å². The predicted octanol–water partition coefficient (Wildman–Crippen LogP) is 2.07. The van der Waals surface area contributed by atoms with Gasteiger partial charge >= 0.3 is 0 Å². The summed E-state index contributed by atoms with van der Waals surface area (Å²) in [6.07, 6.45) is 1.20. The van der Waals surface area contributed by atoms with Crippen LogP contribution in [0.4, 0.5) is 5.69 Å². The summed E-state index contributed by atoms with van der Waals surface area (Å²) in [5.74, 6) is 2.24. The highest BCUT2D eigenvalue weighted by molar-refractivity contribution is 5.85. The topological polar surface area (TPSA) is 67.6 Å². The SMILES string of the molecule is COc1ccc([N+](=O)[O-])cc1CN1CCC2CNCC2C1.Cl. The van der Waals surface area contributed by atoms with Crippen LogP contribution in [0.3, 0.4) is 0 Å². The van der Waals surface area contributed by atoms with Gasteiger partial charge in [-0.25, -0.2) is 0 Å². The smallest absolute Gasteiger partial charge is 0.270 e. The Bertz CT molecular complexity index is 541. The molecule has 0 bridgehead atoms. The number of nitro groups is 1. The molecule has 2 heterocycles. The minimum Gasteiger partial charge on any atom is -0.496 e. The Hall–Kier alpha value is -1.37. The number of likely N-dealkylation sites (tertiary alicyclic amines) is 1. The Balaban J connectivity index is 0.00000176. The van der Waals surface area contributed by atoms with Gasteiger partial charge in [-0.15, -0.1) is 12.4 Å². The number of rotatable bonds is 4. The van der Waals surface area contributed by atoms with E-state index in [2.05, 4.69) is 10.2 Å². The normalized spacial score (nSPS) is 24.4. The van der Waals surface area contributed by atoms with E-state index >= 15 is 0 Å². The third-order valence-electron chi connectivity index (χ3n) is 4.66. The lowest BCUT2D eigenvalue weighted by Gasteiger charge is -2.34. The number of hydrogen-bond acceptors (Lipinski definition) is 5. The number of nitrogens with zero attached hydrogens (tertiary/aromatic N) is 2. The molecular weight excluding hydrogens is 306 g/mol. The number of halogens is 1. The van der Waals surface area contributed by atoms with Gasteiger partial charge in [-0.1, -0.05) is 0 Å². The van der Waals surface area contributed by atoms with Crippen LogP contribution in [0.2, 0.25) is 0 Å². The van der Waals surface area contributed by atoms with E-state index in [1.807, 2.05) is 0 Å². The molecular formula is C15H22ClN3O3. The summed E-state index contributed by atoms with van der Waals surface area (Å²) in [4.78, 5) is 13.0. The molecule has 2 aliphatic heterocycles. The van der Waals surface area contributed by atoms with Crippen molar-refractivity contribution in [3.63, 3.8) is 0 Å². The molecule has 1 N–H and O–H groups in total. The molecule has 3 rings (SSSR count). The van der Waals surface area contributed by atoms with E-state index in [1.54, 1.807) is 19.2 Å². The zero-order valence-electron chi connectivity index (χ0n) is 12.7. The first-order valence-corrected chi connectivity index (χ1v) is 7.41. The van der Waals surface area contributed by atoms with Crippen molar-refractivity contribution in [1.82, 2.24) is 10.2 Å². The zero-order valence-corrected chi connectivity index (χ0v) is 13.5. The minimum atomic E-state index is -0.351. The summed E-state index contributed by atoms with van der Waals surface area (Å²) in [7, 11) is 1.61. The highest BCUT2D eigenvalue weighted by Gasteiger charge is 2.32. The molecule has 2 atom stereocenters. The lowest BCUT2D eigenvalue weighted by atomic mass is 9.88. The summed E-state index contributed by atoms with van der Waals surface area (Å²) >= 11 is 0. The van der Waals surface area contributed by atoms with Crippen LogP contribution in [0.15, 0.2) is 18.2 Å². The zero-order chi connectivity index (χ0) is 14.8. The standard InChI is InChI=1S/C15H21N3O3.ClH/c1-21-15-3-2-14(18(19)20)6-12(15)9-17-5-4-11-7-16-8-13(11)10-17;/h2-3,6,11,13,16H,4-5,7-10H2,1H3;1H. The Morgan fingerprint density at radius 3 is 2.91 bits per heavy atom. The fourth-order valence-corrected chi connectivity index (χ4v) is 3.50. The van der Waals surface area contributed by atoms with Gasteiger partial charge in [0.25, 0.3) is 5.69 Å². The maximum atomic E-state index is 10.9. The van der Waals surface area contributed by atoms with E-state index < -0.39 is 0 Å². The van der Waals surface area contributed by atoms with Gasteiger partial charge in [-0.3, -0.25) is 15.0 Å². The largest absolute Gasteiger partial charge is 0.496 e. The molecule has 2 unspecified atom stereocenters. The van der Waals surface area contributed by atoms with E-state index in [0.29, 0.717) is 12.5 Å².